The number of carbonyl (C=O) groups is 2. The maximum absolute atomic E-state index is 13.3. The molecule has 0 bridgehead atoms. The van der Waals surface area contributed by atoms with E-state index in [1.807, 2.05) is 76.2 Å². The minimum atomic E-state index is -0.739. The van der Waals surface area contributed by atoms with E-state index in [9.17, 15) is 14.7 Å². The summed E-state index contributed by atoms with van der Waals surface area (Å²) in [6.07, 6.45) is 0.889. The molecule has 1 heterocycles. The normalized spacial score (nSPS) is 17.3. The number of nitrogens with zero attached hydrogens (tertiary/aromatic N) is 1. The van der Waals surface area contributed by atoms with Gasteiger partial charge in [0.2, 0.25) is 0 Å². The molecule has 5 heteroatoms. The van der Waals surface area contributed by atoms with Crippen molar-refractivity contribution in [2.24, 2.45) is 0 Å². The Labute approximate surface area is 200 Å². The summed E-state index contributed by atoms with van der Waals surface area (Å²) < 4.78 is 5.75. The number of rotatable bonds is 6. The fourth-order valence-electron chi connectivity index (χ4n) is 4.40. The van der Waals surface area contributed by atoms with Crippen LogP contribution in [-0.4, -0.2) is 23.4 Å². The van der Waals surface area contributed by atoms with Crippen molar-refractivity contribution in [2.75, 3.05) is 11.5 Å². The largest absolute Gasteiger partial charge is 0.507 e. The predicted octanol–water partition coefficient (Wildman–Crippen LogP) is 6.03. The maximum Gasteiger partial charge on any atom is 0.300 e. The molecular weight excluding hydrogens is 426 g/mol. The summed E-state index contributed by atoms with van der Waals surface area (Å²) in [6, 6.07) is 19.7. The van der Waals surface area contributed by atoms with Gasteiger partial charge in [-0.3, -0.25) is 14.5 Å². The van der Waals surface area contributed by atoms with Crippen molar-refractivity contribution in [3.05, 3.63) is 100 Å². The fraction of sp³-hybridized carbons (Fsp3) is 0.241. The van der Waals surface area contributed by atoms with Crippen LogP contribution in [0.3, 0.4) is 0 Å². The molecule has 1 saturated heterocycles. The topological polar surface area (TPSA) is 66.8 Å². The molecule has 1 fully saturated rings. The number of hydrogen-bond donors (Lipinski definition) is 1. The Kier molecular flexibility index (Phi) is 6.55. The summed E-state index contributed by atoms with van der Waals surface area (Å²) in [5, 5.41) is 11.4. The molecule has 0 aliphatic carbocycles. The molecule has 0 saturated carbocycles. The van der Waals surface area contributed by atoms with Gasteiger partial charge in [0, 0.05) is 11.3 Å². The van der Waals surface area contributed by atoms with Gasteiger partial charge >= 0.3 is 0 Å². The third-order valence-corrected chi connectivity index (χ3v) is 6.09. The quantitative estimate of drug-likeness (QED) is 0.280. The first-order valence-electron chi connectivity index (χ1n) is 11.5. The summed E-state index contributed by atoms with van der Waals surface area (Å²) in [7, 11) is 0. The van der Waals surface area contributed by atoms with E-state index in [-0.39, 0.29) is 11.3 Å². The number of anilines is 1. The first kappa shape index (κ1) is 23.3. The number of aliphatic hydroxyl groups excluding tert-OH is 1. The summed E-state index contributed by atoms with van der Waals surface area (Å²) in [4.78, 5) is 28.2. The van der Waals surface area contributed by atoms with E-state index in [2.05, 4.69) is 0 Å². The maximum atomic E-state index is 13.3. The average molecular weight is 456 g/mol. The van der Waals surface area contributed by atoms with Crippen LogP contribution in [0.4, 0.5) is 5.69 Å². The van der Waals surface area contributed by atoms with Crippen LogP contribution in [0.25, 0.3) is 5.76 Å². The molecule has 174 valence electrons. The molecule has 5 nitrogen and oxygen atoms in total. The number of amides is 1. The highest BCUT2D eigenvalue weighted by atomic mass is 16.5. The van der Waals surface area contributed by atoms with Crippen LogP contribution in [0.15, 0.2) is 72.3 Å². The standard InChI is InChI=1S/C29H29NO4/c1-5-15-34-24-14-13-22(17-20(24)4)27(31)25-26(21-11-8-9-18(2)16-21)30(29(33)28(25)32)23-12-7-6-10-19(23)3/h6-14,16-17,26,31H,5,15H2,1-4H3/b27-25-. The highest BCUT2D eigenvalue weighted by molar-refractivity contribution is 6.51. The van der Waals surface area contributed by atoms with Crippen LogP contribution in [0, 0.1) is 20.8 Å². The zero-order valence-electron chi connectivity index (χ0n) is 20.0. The van der Waals surface area contributed by atoms with Crippen LogP contribution in [-0.2, 0) is 9.59 Å². The van der Waals surface area contributed by atoms with Crippen LogP contribution < -0.4 is 9.64 Å². The number of hydrogen-bond acceptors (Lipinski definition) is 4. The Hall–Kier alpha value is -3.86. The van der Waals surface area contributed by atoms with Gasteiger partial charge < -0.3 is 9.84 Å². The van der Waals surface area contributed by atoms with Gasteiger partial charge in [0.05, 0.1) is 18.2 Å². The molecule has 1 aliphatic rings. The van der Waals surface area contributed by atoms with Crippen molar-refractivity contribution in [3.63, 3.8) is 0 Å². The Bertz CT molecular complexity index is 1290. The second-order valence-corrected chi connectivity index (χ2v) is 8.70. The number of aryl methyl sites for hydroxylation is 3. The molecule has 34 heavy (non-hydrogen) atoms. The number of ether oxygens (including phenoxy) is 1. The second kappa shape index (κ2) is 9.56. The highest BCUT2D eigenvalue weighted by Gasteiger charge is 2.47. The lowest BCUT2D eigenvalue weighted by Crippen LogP contribution is -2.30. The first-order valence-corrected chi connectivity index (χ1v) is 11.5. The van der Waals surface area contributed by atoms with E-state index in [1.165, 1.54) is 4.90 Å². The molecule has 1 amide bonds. The van der Waals surface area contributed by atoms with Crippen molar-refractivity contribution in [1.82, 2.24) is 0 Å². The number of ketones is 1. The lowest BCUT2D eigenvalue weighted by atomic mass is 9.93. The molecule has 4 rings (SSSR count). The number of carbonyl (C=O) groups excluding carboxylic acids is 2. The molecule has 1 unspecified atom stereocenters. The van der Waals surface area contributed by atoms with Crippen molar-refractivity contribution >= 4 is 23.1 Å². The Morgan fingerprint density at radius 2 is 1.71 bits per heavy atom. The summed E-state index contributed by atoms with van der Waals surface area (Å²) in [5.41, 5.74) is 4.69. The van der Waals surface area contributed by atoms with Gasteiger partial charge in [-0.1, -0.05) is 55.0 Å². The third-order valence-electron chi connectivity index (χ3n) is 6.09. The van der Waals surface area contributed by atoms with Gasteiger partial charge in [-0.25, -0.2) is 0 Å². The smallest absolute Gasteiger partial charge is 0.300 e. The lowest BCUT2D eigenvalue weighted by Gasteiger charge is -2.27. The molecule has 3 aromatic carbocycles. The van der Waals surface area contributed by atoms with Gasteiger partial charge in [-0.2, -0.15) is 0 Å². The lowest BCUT2D eigenvalue weighted by molar-refractivity contribution is -0.132. The van der Waals surface area contributed by atoms with Crippen LogP contribution in [0.5, 0.6) is 5.75 Å². The molecule has 0 aromatic heterocycles. The Morgan fingerprint density at radius 1 is 0.941 bits per heavy atom. The van der Waals surface area contributed by atoms with E-state index in [0.29, 0.717) is 17.9 Å². The van der Waals surface area contributed by atoms with E-state index >= 15 is 0 Å². The van der Waals surface area contributed by atoms with E-state index in [4.69, 9.17) is 4.74 Å². The number of Topliss-reactive ketones (excluding diaryl/α,β-unsaturated/α-hetero) is 1. The molecule has 0 spiro atoms. The molecular formula is C29H29NO4. The molecule has 1 N–H and O–H groups in total. The van der Waals surface area contributed by atoms with E-state index < -0.39 is 17.7 Å². The zero-order valence-corrected chi connectivity index (χ0v) is 20.0. The predicted molar refractivity (Wildman–Crippen MR) is 134 cm³/mol. The second-order valence-electron chi connectivity index (χ2n) is 8.70. The van der Waals surface area contributed by atoms with Crippen LogP contribution >= 0.6 is 0 Å². The van der Waals surface area contributed by atoms with Gasteiger partial charge in [-0.15, -0.1) is 0 Å². The van der Waals surface area contributed by atoms with Gasteiger partial charge in [0.1, 0.15) is 11.5 Å². The van der Waals surface area contributed by atoms with Crippen molar-refractivity contribution in [1.29, 1.82) is 0 Å². The third kappa shape index (κ3) is 4.21. The van der Waals surface area contributed by atoms with Crippen LogP contribution in [0.1, 0.15) is 47.2 Å². The minimum absolute atomic E-state index is 0.0838. The number of aliphatic hydroxyl groups is 1. The van der Waals surface area contributed by atoms with E-state index in [1.54, 1.807) is 18.2 Å². The number of benzene rings is 3. The monoisotopic (exact) mass is 455 g/mol. The van der Waals surface area contributed by atoms with Crippen LogP contribution in [0.2, 0.25) is 0 Å². The SMILES string of the molecule is CCCOc1ccc(/C(O)=C2/C(=O)C(=O)N(c3ccccc3C)C2c2cccc(C)c2)cc1C. The molecule has 1 aliphatic heterocycles. The summed E-state index contributed by atoms with van der Waals surface area (Å²) in [6.45, 7) is 8.39. The van der Waals surface area contributed by atoms with E-state index in [0.717, 1.165) is 34.4 Å². The zero-order chi connectivity index (χ0) is 24.4. The molecule has 1 atom stereocenters. The summed E-state index contributed by atoms with van der Waals surface area (Å²) in [5.74, 6) is -0.807. The molecule has 0 radical (unpaired) electrons. The number of para-hydroxylation sites is 1. The van der Waals surface area contributed by atoms with Crippen molar-refractivity contribution in [3.8, 4) is 5.75 Å². The van der Waals surface area contributed by atoms with Crippen molar-refractivity contribution < 1.29 is 19.4 Å². The molecule has 3 aromatic rings. The first-order chi connectivity index (χ1) is 16.3. The van der Waals surface area contributed by atoms with Gasteiger partial charge in [0.25, 0.3) is 11.7 Å². The Morgan fingerprint density at radius 3 is 2.38 bits per heavy atom. The Balaban J connectivity index is 1.90. The van der Waals surface area contributed by atoms with Crippen molar-refractivity contribution in [2.45, 2.75) is 40.2 Å². The average Bonchev–Trinajstić information content (AvgIpc) is 3.08. The highest BCUT2D eigenvalue weighted by Crippen LogP contribution is 2.43. The summed E-state index contributed by atoms with van der Waals surface area (Å²) >= 11 is 0. The minimum Gasteiger partial charge on any atom is -0.507 e. The fourth-order valence-corrected chi connectivity index (χ4v) is 4.40. The van der Waals surface area contributed by atoms with Gasteiger partial charge in [0.15, 0.2) is 0 Å². The van der Waals surface area contributed by atoms with Gasteiger partial charge in [-0.05, 0) is 68.1 Å².